The molecule has 0 N–H and O–H groups in total. The van der Waals surface area contributed by atoms with Crippen molar-refractivity contribution >= 4 is 12.4 Å². The fourth-order valence-corrected chi connectivity index (χ4v) is 2.46. The SMILES string of the molecule is CCCCOC(=O)N1CC(OCc2ccccc2)CC1C=O. The van der Waals surface area contributed by atoms with E-state index in [4.69, 9.17) is 9.47 Å². The summed E-state index contributed by atoms with van der Waals surface area (Å²) < 4.78 is 11.0. The maximum Gasteiger partial charge on any atom is 0.410 e. The molecule has 0 spiro atoms. The Kier molecular flexibility index (Phi) is 6.40. The number of rotatable bonds is 7. The summed E-state index contributed by atoms with van der Waals surface area (Å²) in [4.78, 5) is 24.6. The standard InChI is InChI=1S/C17H23NO4/c1-2-3-9-21-17(20)18-11-16(10-15(18)12-19)22-13-14-7-5-4-6-8-14/h4-8,12,15-16H,2-3,9-11,13H2,1H3. The summed E-state index contributed by atoms with van der Waals surface area (Å²) in [5.74, 6) is 0. The molecule has 2 atom stereocenters. The van der Waals surface area contributed by atoms with Crippen LogP contribution in [0.25, 0.3) is 0 Å². The molecule has 2 unspecified atom stereocenters. The first-order chi connectivity index (χ1) is 10.7. The van der Waals surface area contributed by atoms with Crippen molar-refractivity contribution in [3.8, 4) is 0 Å². The van der Waals surface area contributed by atoms with E-state index in [0.29, 0.717) is 26.2 Å². The van der Waals surface area contributed by atoms with Crippen molar-refractivity contribution < 1.29 is 19.1 Å². The summed E-state index contributed by atoms with van der Waals surface area (Å²) in [6.45, 7) is 3.31. The Morgan fingerprint density at radius 1 is 1.36 bits per heavy atom. The molecule has 2 rings (SSSR count). The number of hydrogen-bond donors (Lipinski definition) is 0. The highest BCUT2D eigenvalue weighted by Gasteiger charge is 2.36. The molecule has 0 aliphatic carbocycles. The molecule has 1 aromatic rings. The maximum absolute atomic E-state index is 12.0. The highest BCUT2D eigenvalue weighted by atomic mass is 16.6. The molecule has 1 aliphatic heterocycles. The van der Waals surface area contributed by atoms with E-state index in [-0.39, 0.29) is 6.10 Å². The molecular weight excluding hydrogens is 282 g/mol. The third kappa shape index (κ3) is 4.56. The number of likely N-dealkylation sites (tertiary alicyclic amines) is 1. The summed E-state index contributed by atoms with van der Waals surface area (Å²) in [5.41, 5.74) is 1.08. The number of benzene rings is 1. The van der Waals surface area contributed by atoms with Crippen molar-refractivity contribution in [2.45, 2.75) is 44.9 Å². The maximum atomic E-state index is 12.0. The van der Waals surface area contributed by atoms with Crippen LogP contribution >= 0.6 is 0 Å². The second-order valence-corrected chi connectivity index (χ2v) is 5.48. The number of nitrogens with zero attached hydrogens (tertiary/aromatic N) is 1. The van der Waals surface area contributed by atoms with Crippen molar-refractivity contribution in [1.82, 2.24) is 4.90 Å². The number of amides is 1. The molecule has 0 aromatic heterocycles. The number of hydrogen-bond acceptors (Lipinski definition) is 4. The molecule has 1 heterocycles. The van der Waals surface area contributed by atoms with E-state index in [2.05, 4.69) is 0 Å². The van der Waals surface area contributed by atoms with E-state index < -0.39 is 12.1 Å². The Morgan fingerprint density at radius 3 is 2.82 bits per heavy atom. The Balaban J connectivity index is 1.83. The zero-order valence-electron chi connectivity index (χ0n) is 12.9. The van der Waals surface area contributed by atoms with Crippen molar-refractivity contribution in [2.24, 2.45) is 0 Å². The number of carbonyl (C=O) groups is 2. The molecule has 1 aromatic carbocycles. The van der Waals surface area contributed by atoms with Gasteiger partial charge in [0.1, 0.15) is 6.29 Å². The van der Waals surface area contributed by atoms with Gasteiger partial charge < -0.3 is 14.3 Å². The third-order valence-corrected chi connectivity index (χ3v) is 3.75. The van der Waals surface area contributed by atoms with E-state index in [1.807, 2.05) is 37.3 Å². The van der Waals surface area contributed by atoms with Gasteiger partial charge in [-0.1, -0.05) is 43.7 Å². The van der Waals surface area contributed by atoms with Crippen LogP contribution in [0, 0.1) is 0 Å². The van der Waals surface area contributed by atoms with E-state index in [1.165, 1.54) is 4.90 Å². The molecule has 0 radical (unpaired) electrons. The van der Waals surface area contributed by atoms with Crippen LogP contribution in [-0.2, 0) is 20.9 Å². The Labute approximate surface area is 131 Å². The van der Waals surface area contributed by atoms with Crippen LogP contribution in [0.15, 0.2) is 30.3 Å². The lowest BCUT2D eigenvalue weighted by molar-refractivity contribution is -0.111. The monoisotopic (exact) mass is 305 g/mol. The average molecular weight is 305 g/mol. The Hall–Kier alpha value is -1.88. The van der Waals surface area contributed by atoms with Gasteiger partial charge in [0.15, 0.2) is 0 Å². The largest absolute Gasteiger partial charge is 0.449 e. The lowest BCUT2D eigenvalue weighted by Crippen LogP contribution is -2.37. The van der Waals surface area contributed by atoms with E-state index >= 15 is 0 Å². The number of unbranched alkanes of at least 4 members (excludes halogenated alkanes) is 1. The fraction of sp³-hybridized carbons (Fsp3) is 0.529. The molecule has 0 saturated carbocycles. The molecule has 1 amide bonds. The van der Waals surface area contributed by atoms with Crippen molar-refractivity contribution in [1.29, 1.82) is 0 Å². The summed E-state index contributed by atoms with van der Waals surface area (Å²) in [7, 11) is 0. The molecule has 1 fully saturated rings. The van der Waals surface area contributed by atoms with Gasteiger partial charge in [-0.05, 0) is 12.0 Å². The van der Waals surface area contributed by atoms with Gasteiger partial charge in [0.05, 0.1) is 31.9 Å². The Bertz CT molecular complexity index is 477. The minimum absolute atomic E-state index is 0.130. The van der Waals surface area contributed by atoms with Gasteiger partial charge >= 0.3 is 6.09 Å². The molecule has 0 bridgehead atoms. The highest BCUT2D eigenvalue weighted by Crippen LogP contribution is 2.21. The predicted molar refractivity (Wildman–Crippen MR) is 82.5 cm³/mol. The zero-order valence-corrected chi connectivity index (χ0v) is 12.9. The molecule has 22 heavy (non-hydrogen) atoms. The fourth-order valence-electron chi connectivity index (χ4n) is 2.46. The number of aldehydes is 1. The van der Waals surface area contributed by atoms with Crippen molar-refractivity contribution in [3.05, 3.63) is 35.9 Å². The normalized spacial score (nSPS) is 20.9. The summed E-state index contributed by atoms with van der Waals surface area (Å²) in [5, 5.41) is 0. The number of carbonyl (C=O) groups excluding carboxylic acids is 2. The smallest absolute Gasteiger partial charge is 0.410 e. The van der Waals surface area contributed by atoms with Crippen LogP contribution in [0.1, 0.15) is 31.7 Å². The van der Waals surface area contributed by atoms with Crippen LogP contribution < -0.4 is 0 Å². The first-order valence-electron chi connectivity index (χ1n) is 7.78. The van der Waals surface area contributed by atoms with E-state index in [9.17, 15) is 9.59 Å². The minimum atomic E-state index is -0.449. The average Bonchev–Trinajstić information content (AvgIpc) is 2.97. The van der Waals surface area contributed by atoms with Crippen molar-refractivity contribution in [2.75, 3.05) is 13.2 Å². The number of ether oxygens (including phenoxy) is 2. The van der Waals surface area contributed by atoms with Crippen LogP contribution in [0.3, 0.4) is 0 Å². The summed E-state index contributed by atoms with van der Waals surface area (Å²) in [6.07, 6.45) is 2.57. The Morgan fingerprint density at radius 2 is 2.14 bits per heavy atom. The van der Waals surface area contributed by atoms with Crippen LogP contribution in [0.4, 0.5) is 4.79 Å². The van der Waals surface area contributed by atoms with Crippen molar-refractivity contribution in [3.63, 3.8) is 0 Å². The van der Waals surface area contributed by atoms with Crippen LogP contribution in [0.2, 0.25) is 0 Å². The second-order valence-electron chi connectivity index (χ2n) is 5.48. The molecule has 5 heteroatoms. The molecule has 1 aliphatic rings. The first-order valence-corrected chi connectivity index (χ1v) is 7.78. The highest BCUT2D eigenvalue weighted by molar-refractivity contribution is 5.74. The van der Waals surface area contributed by atoms with Gasteiger partial charge in [-0.25, -0.2) is 4.79 Å². The van der Waals surface area contributed by atoms with Gasteiger partial charge in [-0.3, -0.25) is 4.90 Å². The molecule has 120 valence electrons. The van der Waals surface area contributed by atoms with Gasteiger partial charge in [-0.2, -0.15) is 0 Å². The minimum Gasteiger partial charge on any atom is -0.449 e. The summed E-state index contributed by atoms with van der Waals surface area (Å²) >= 11 is 0. The topological polar surface area (TPSA) is 55.8 Å². The lowest BCUT2D eigenvalue weighted by Gasteiger charge is -2.19. The van der Waals surface area contributed by atoms with Crippen LogP contribution in [-0.4, -0.2) is 42.6 Å². The van der Waals surface area contributed by atoms with Gasteiger partial charge in [0.2, 0.25) is 0 Å². The lowest BCUT2D eigenvalue weighted by atomic mass is 10.2. The zero-order chi connectivity index (χ0) is 15.8. The van der Waals surface area contributed by atoms with Crippen LogP contribution in [0.5, 0.6) is 0 Å². The predicted octanol–water partition coefficient (Wildman–Crippen LogP) is 2.78. The van der Waals surface area contributed by atoms with Gasteiger partial charge in [0.25, 0.3) is 0 Å². The van der Waals surface area contributed by atoms with E-state index in [0.717, 1.165) is 24.7 Å². The quantitative estimate of drug-likeness (QED) is 0.574. The second kappa shape index (κ2) is 8.54. The third-order valence-electron chi connectivity index (χ3n) is 3.75. The molecule has 1 saturated heterocycles. The molecule has 5 nitrogen and oxygen atoms in total. The van der Waals surface area contributed by atoms with Gasteiger partial charge in [0, 0.05) is 6.42 Å². The first kappa shape index (κ1) is 16.5. The summed E-state index contributed by atoms with van der Waals surface area (Å²) in [6, 6.07) is 9.40. The van der Waals surface area contributed by atoms with Gasteiger partial charge in [-0.15, -0.1) is 0 Å². The van der Waals surface area contributed by atoms with E-state index in [1.54, 1.807) is 0 Å². The molecular formula is C17H23NO4.